The van der Waals surface area contributed by atoms with Crippen LogP contribution in [0.5, 0.6) is 5.75 Å². The molecule has 0 bridgehead atoms. The van der Waals surface area contributed by atoms with Gasteiger partial charge in [0, 0.05) is 12.1 Å². The maximum atomic E-state index is 12.6. The minimum absolute atomic E-state index is 0.104. The zero-order valence-electron chi connectivity index (χ0n) is 15.5. The SMILES string of the molecule is CCOc1ccc(S(=O)(=O)N(C)CC(=O)N[C@@H](C)c2ccc(Cl)cc2)cc1. The van der Waals surface area contributed by atoms with Gasteiger partial charge in [-0.3, -0.25) is 4.79 Å². The summed E-state index contributed by atoms with van der Waals surface area (Å²) < 4.78 is 31.6. The van der Waals surface area contributed by atoms with E-state index in [0.29, 0.717) is 17.4 Å². The number of nitrogens with one attached hydrogen (secondary N) is 1. The molecule has 0 saturated heterocycles. The van der Waals surface area contributed by atoms with Crippen molar-refractivity contribution in [2.75, 3.05) is 20.2 Å². The summed E-state index contributed by atoms with van der Waals surface area (Å²) >= 11 is 5.86. The molecule has 1 N–H and O–H groups in total. The van der Waals surface area contributed by atoms with Crippen LogP contribution in [0.2, 0.25) is 5.02 Å². The Balaban J connectivity index is 2.00. The molecule has 1 atom stereocenters. The van der Waals surface area contributed by atoms with Gasteiger partial charge in [-0.1, -0.05) is 23.7 Å². The molecule has 0 aromatic heterocycles. The quantitative estimate of drug-likeness (QED) is 0.724. The molecule has 0 fully saturated rings. The molecule has 27 heavy (non-hydrogen) atoms. The van der Waals surface area contributed by atoms with Crippen LogP contribution < -0.4 is 10.1 Å². The van der Waals surface area contributed by atoms with E-state index in [-0.39, 0.29) is 17.5 Å². The second kappa shape index (κ2) is 9.21. The highest BCUT2D eigenvalue weighted by atomic mass is 35.5. The molecule has 2 aromatic carbocycles. The van der Waals surface area contributed by atoms with E-state index in [0.717, 1.165) is 9.87 Å². The number of hydrogen-bond donors (Lipinski definition) is 1. The van der Waals surface area contributed by atoms with E-state index in [4.69, 9.17) is 16.3 Å². The molecule has 8 heteroatoms. The Hall–Kier alpha value is -2.09. The van der Waals surface area contributed by atoms with Crippen molar-refractivity contribution < 1.29 is 17.9 Å². The van der Waals surface area contributed by atoms with Crippen LogP contribution in [0.3, 0.4) is 0 Å². The average Bonchev–Trinajstić information content (AvgIpc) is 2.62. The third-order valence-electron chi connectivity index (χ3n) is 3.96. The number of carbonyl (C=O) groups is 1. The largest absolute Gasteiger partial charge is 0.494 e. The van der Waals surface area contributed by atoms with Gasteiger partial charge < -0.3 is 10.1 Å². The van der Waals surface area contributed by atoms with Crippen molar-refractivity contribution in [3.63, 3.8) is 0 Å². The van der Waals surface area contributed by atoms with Crippen LogP contribution in [0.4, 0.5) is 0 Å². The van der Waals surface area contributed by atoms with Gasteiger partial charge in [0.2, 0.25) is 15.9 Å². The van der Waals surface area contributed by atoms with Crippen LogP contribution in [0.25, 0.3) is 0 Å². The smallest absolute Gasteiger partial charge is 0.243 e. The summed E-state index contributed by atoms with van der Waals surface area (Å²) in [6, 6.07) is 12.9. The van der Waals surface area contributed by atoms with Crippen LogP contribution in [0, 0.1) is 0 Å². The second-order valence-corrected chi connectivity index (χ2v) is 8.49. The number of halogens is 1. The van der Waals surface area contributed by atoms with E-state index in [1.165, 1.54) is 19.2 Å². The fraction of sp³-hybridized carbons (Fsp3) is 0.316. The van der Waals surface area contributed by atoms with E-state index >= 15 is 0 Å². The van der Waals surface area contributed by atoms with Crippen LogP contribution >= 0.6 is 11.6 Å². The third kappa shape index (κ3) is 5.69. The molecule has 0 radical (unpaired) electrons. The molecule has 0 aliphatic heterocycles. The number of nitrogens with zero attached hydrogens (tertiary/aromatic N) is 1. The molecule has 0 unspecified atom stereocenters. The van der Waals surface area contributed by atoms with Crippen molar-refractivity contribution in [1.29, 1.82) is 0 Å². The molecule has 0 aliphatic rings. The van der Waals surface area contributed by atoms with Crippen molar-refractivity contribution in [3.8, 4) is 5.75 Å². The Morgan fingerprint density at radius 2 is 1.74 bits per heavy atom. The van der Waals surface area contributed by atoms with Gasteiger partial charge in [0.1, 0.15) is 5.75 Å². The van der Waals surface area contributed by atoms with E-state index in [1.54, 1.807) is 24.3 Å². The molecule has 0 aliphatic carbocycles. The lowest BCUT2D eigenvalue weighted by Crippen LogP contribution is -2.39. The topological polar surface area (TPSA) is 75.7 Å². The van der Waals surface area contributed by atoms with Crippen molar-refractivity contribution in [1.82, 2.24) is 9.62 Å². The van der Waals surface area contributed by atoms with E-state index in [9.17, 15) is 13.2 Å². The first-order chi connectivity index (χ1) is 12.7. The fourth-order valence-corrected chi connectivity index (χ4v) is 3.72. The summed E-state index contributed by atoms with van der Waals surface area (Å²) in [5, 5.41) is 3.40. The van der Waals surface area contributed by atoms with Gasteiger partial charge >= 0.3 is 0 Å². The normalized spacial score (nSPS) is 12.6. The zero-order valence-corrected chi connectivity index (χ0v) is 17.0. The molecule has 6 nitrogen and oxygen atoms in total. The first kappa shape index (κ1) is 21.2. The molecular weight excluding hydrogens is 388 g/mol. The van der Waals surface area contributed by atoms with Crippen molar-refractivity contribution >= 4 is 27.5 Å². The summed E-state index contributed by atoms with van der Waals surface area (Å²) in [6.07, 6.45) is 0. The highest BCUT2D eigenvalue weighted by molar-refractivity contribution is 7.89. The van der Waals surface area contributed by atoms with Crippen molar-refractivity contribution in [3.05, 3.63) is 59.1 Å². The number of hydrogen-bond acceptors (Lipinski definition) is 4. The maximum Gasteiger partial charge on any atom is 0.243 e. The lowest BCUT2D eigenvalue weighted by molar-refractivity contribution is -0.121. The summed E-state index contributed by atoms with van der Waals surface area (Å²) in [7, 11) is -2.40. The lowest BCUT2D eigenvalue weighted by atomic mass is 10.1. The van der Waals surface area contributed by atoms with Gasteiger partial charge in [0.05, 0.1) is 24.1 Å². The van der Waals surface area contributed by atoms with E-state index < -0.39 is 15.9 Å². The molecule has 1 amide bonds. The second-order valence-electron chi connectivity index (χ2n) is 6.01. The van der Waals surface area contributed by atoms with Crippen LogP contribution in [-0.2, 0) is 14.8 Å². The van der Waals surface area contributed by atoms with Gasteiger partial charge in [0.25, 0.3) is 0 Å². The number of amides is 1. The van der Waals surface area contributed by atoms with Gasteiger partial charge in [-0.25, -0.2) is 8.42 Å². The fourth-order valence-electron chi connectivity index (χ4n) is 2.46. The molecular formula is C19H23ClN2O4S. The van der Waals surface area contributed by atoms with Crippen LogP contribution in [0.15, 0.2) is 53.4 Å². The number of rotatable bonds is 8. The Kier molecular flexibility index (Phi) is 7.24. The minimum atomic E-state index is -3.77. The summed E-state index contributed by atoms with van der Waals surface area (Å²) in [5.41, 5.74) is 0.879. The molecule has 2 rings (SSSR count). The van der Waals surface area contributed by atoms with Crippen LogP contribution in [0.1, 0.15) is 25.5 Å². The van der Waals surface area contributed by atoms with Crippen LogP contribution in [-0.4, -0.2) is 38.8 Å². The first-order valence-corrected chi connectivity index (χ1v) is 10.3. The van der Waals surface area contributed by atoms with Crippen molar-refractivity contribution in [2.24, 2.45) is 0 Å². The predicted octanol–water partition coefficient (Wildman–Crippen LogP) is 3.24. The summed E-state index contributed by atoms with van der Waals surface area (Å²) in [6.45, 7) is 3.88. The number of likely N-dealkylation sites (N-methyl/N-ethyl adjacent to an activating group) is 1. The summed E-state index contributed by atoms with van der Waals surface area (Å²) in [4.78, 5) is 12.4. The van der Waals surface area contributed by atoms with Gasteiger partial charge in [-0.15, -0.1) is 0 Å². The number of carbonyl (C=O) groups excluding carboxylic acids is 1. The van der Waals surface area contributed by atoms with Gasteiger partial charge in [-0.2, -0.15) is 4.31 Å². The zero-order chi connectivity index (χ0) is 20.0. The minimum Gasteiger partial charge on any atom is -0.494 e. The molecule has 146 valence electrons. The average molecular weight is 411 g/mol. The van der Waals surface area contributed by atoms with E-state index in [2.05, 4.69) is 5.32 Å². The Bertz CT molecular complexity index is 868. The maximum absolute atomic E-state index is 12.6. The standard InChI is InChI=1S/C19H23ClN2O4S/c1-4-26-17-9-11-18(12-10-17)27(24,25)22(3)13-19(23)21-14(2)15-5-7-16(20)8-6-15/h5-12,14H,4,13H2,1-3H3,(H,21,23)/t14-/m0/s1. The highest BCUT2D eigenvalue weighted by Crippen LogP contribution is 2.19. The lowest BCUT2D eigenvalue weighted by Gasteiger charge is -2.19. The monoisotopic (exact) mass is 410 g/mol. The summed E-state index contributed by atoms with van der Waals surface area (Å²) in [5.74, 6) is 0.197. The molecule has 2 aromatic rings. The van der Waals surface area contributed by atoms with Crippen molar-refractivity contribution in [2.45, 2.75) is 24.8 Å². The molecule has 0 spiro atoms. The predicted molar refractivity (Wildman–Crippen MR) is 105 cm³/mol. The van der Waals surface area contributed by atoms with E-state index in [1.807, 2.05) is 26.0 Å². The number of ether oxygens (including phenoxy) is 1. The third-order valence-corrected chi connectivity index (χ3v) is 6.03. The number of sulfonamides is 1. The number of benzene rings is 2. The molecule has 0 heterocycles. The molecule has 0 saturated carbocycles. The Morgan fingerprint density at radius 3 is 2.30 bits per heavy atom. The highest BCUT2D eigenvalue weighted by Gasteiger charge is 2.23. The Labute approximate surface area is 165 Å². The van der Waals surface area contributed by atoms with Gasteiger partial charge in [-0.05, 0) is 55.8 Å². The first-order valence-electron chi connectivity index (χ1n) is 8.48. The van der Waals surface area contributed by atoms with Gasteiger partial charge in [0.15, 0.2) is 0 Å². The Morgan fingerprint density at radius 1 is 1.15 bits per heavy atom.